The monoisotopic (exact) mass is 233 g/mol. The Labute approximate surface area is 97.1 Å². The Kier molecular flexibility index (Phi) is 2.70. The zero-order valence-electron chi connectivity index (χ0n) is 9.08. The number of phenolic OH excluding ortho intramolecular Hbond substituents is 2. The van der Waals surface area contributed by atoms with E-state index >= 15 is 0 Å². The van der Waals surface area contributed by atoms with Gasteiger partial charge in [-0.3, -0.25) is 9.48 Å². The number of nitrogens with zero attached hydrogens (tertiary/aromatic N) is 2. The van der Waals surface area contributed by atoms with E-state index in [2.05, 4.69) is 10.4 Å². The van der Waals surface area contributed by atoms with Gasteiger partial charge in [0.15, 0.2) is 0 Å². The van der Waals surface area contributed by atoms with E-state index in [1.807, 2.05) is 0 Å². The zero-order chi connectivity index (χ0) is 12.4. The van der Waals surface area contributed by atoms with E-state index < -0.39 is 5.91 Å². The lowest BCUT2D eigenvalue weighted by atomic mass is 10.2. The summed E-state index contributed by atoms with van der Waals surface area (Å²) in [5, 5.41) is 25.0. The minimum Gasteiger partial charge on any atom is -0.508 e. The normalized spacial score (nSPS) is 10.2. The first-order valence-electron chi connectivity index (χ1n) is 4.87. The van der Waals surface area contributed by atoms with E-state index in [-0.39, 0.29) is 17.1 Å². The van der Waals surface area contributed by atoms with Gasteiger partial charge in [-0.25, -0.2) is 0 Å². The Hall–Kier alpha value is -2.50. The van der Waals surface area contributed by atoms with E-state index in [1.165, 1.54) is 18.3 Å². The third-order valence-corrected chi connectivity index (χ3v) is 2.13. The fourth-order valence-electron chi connectivity index (χ4n) is 1.42. The fourth-order valence-corrected chi connectivity index (χ4v) is 1.42. The molecule has 0 aliphatic rings. The van der Waals surface area contributed by atoms with E-state index in [4.69, 9.17) is 0 Å². The number of nitrogens with one attached hydrogen (secondary N) is 1. The molecular formula is C11H11N3O3. The lowest BCUT2D eigenvalue weighted by Crippen LogP contribution is -2.11. The van der Waals surface area contributed by atoms with Crippen molar-refractivity contribution in [3.05, 3.63) is 36.2 Å². The molecule has 0 aliphatic carbocycles. The van der Waals surface area contributed by atoms with Gasteiger partial charge in [-0.1, -0.05) is 0 Å². The lowest BCUT2D eigenvalue weighted by molar-refractivity contribution is 0.102. The van der Waals surface area contributed by atoms with Crippen LogP contribution >= 0.6 is 0 Å². The Bertz CT molecular complexity index is 543. The number of carbonyl (C=O) groups excluding carboxylic acids is 1. The Morgan fingerprint density at radius 1 is 1.29 bits per heavy atom. The smallest absolute Gasteiger partial charge is 0.256 e. The van der Waals surface area contributed by atoms with Gasteiger partial charge >= 0.3 is 0 Å². The van der Waals surface area contributed by atoms with Crippen LogP contribution in [0.4, 0.5) is 5.69 Å². The summed E-state index contributed by atoms with van der Waals surface area (Å²) in [6, 6.07) is 3.69. The zero-order valence-corrected chi connectivity index (χ0v) is 9.08. The number of hydrogen-bond donors (Lipinski definition) is 3. The summed E-state index contributed by atoms with van der Waals surface area (Å²) < 4.78 is 1.55. The number of hydrogen-bond acceptors (Lipinski definition) is 4. The molecule has 1 heterocycles. The molecule has 2 aromatic rings. The summed E-state index contributed by atoms with van der Waals surface area (Å²) in [5.41, 5.74) is 0.715. The van der Waals surface area contributed by atoms with E-state index in [9.17, 15) is 15.0 Å². The summed E-state index contributed by atoms with van der Waals surface area (Å²) in [4.78, 5) is 11.8. The van der Waals surface area contributed by atoms with Gasteiger partial charge in [0.2, 0.25) is 0 Å². The topological polar surface area (TPSA) is 87.4 Å². The van der Waals surface area contributed by atoms with Crippen LogP contribution in [0.15, 0.2) is 30.6 Å². The first-order valence-corrected chi connectivity index (χ1v) is 4.87. The Balaban J connectivity index is 2.19. The average Bonchev–Trinajstić information content (AvgIpc) is 2.62. The highest BCUT2D eigenvalue weighted by molar-refractivity contribution is 6.04. The number of benzene rings is 1. The molecule has 6 heteroatoms. The maximum atomic E-state index is 11.8. The van der Waals surface area contributed by atoms with E-state index in [0.29, 0.717) is 5.69 Å². The molecule has 0 fully saturated rings. The van der Waals surface area contributed by atoms with Crippen molar-refractivity contribution < 1.29 is 15.0 Å². The van der Waals surface area contributed by atoms with Crippen LogP contribution in [0.3, 0.4) is 0 Å². The minimum atomic E-state index is -0.427. The molecule has 0 saturated heterocycles. The molecule has 1 amide bonds. The van der Waals surface area contributed by atoms with Gasteiger partial charge in [0.25, 0.3) is 5.91 Å². The standard InChI is InChI=1S/C11H11N3O3/c1-14-6-8(5-12-14)13-11(17)7-2-9(15)4-10(16)3-7/h2-6,15-16H,1H3,(H,13,17). The van der Waals surface area contributed by atoms with Gasteiger partial charge < -0.3 is 15.5 Å². The third-order valence-electron chi connectivity index (χ3n) is 2.13. The van der Waals surface area contributed by atoms with Crippen LogP contribution in [-0.2, 0) is 7.05 Å². The first kappa shape index (κ1) is 11.0. The van der Waals surface area contributed by atoms with Crippen LogP contribution in [0.5, 0.6) is 11.5 Å². The number of aromatic nitrogens is 2. The van der Waals surface area contributed by atoms with Crippen LogP contribution in [0.1, 0.15) is 10.4 Å². The molecule has 0 radical (unpaired) electrons. The van der Waals surface area contributed by atoms with Crippen molar-refractivity contribution in [2.45, 2.75) is 0 Å². The number of aryl methyl sites for hydroxylation is 1. The quantitative estimate of drug-likeness (QED) is 0.724. The first-order chi connectivity index (χ1) is 8.04. The van der Waals surface area contributed by atoms with Crippen LogP contribution in [0, 0.1) is 0 Å². The molecule has 0 aliphatic heterocycles. The molecule has 6 nitrogen and oxygen atoms in total. The molecule has 2 rings (SSSR count). The summed E-state index contributed by atoms with van der Waals surface area (Å²) in [6.45, 7) is 0. The Morgan fingerprint density at radius 2 is 1.94 bits per heavy atom. The predicted octanol–water partition coefficient (Wildman–Crippen LogP) is 1.08. The van der Waals surface area contributed by atoms with E-state index in [0.717, 1.165) is 6.07 Å². The van der Waals surface area contributed by atoms with Crippen molar-refractivity contribution in [3.8, 4) is 11.5 Å². The van der Waals surface area contributed by atoms with Crippen LogP contribution in [-0.4, -0.2) is 25.9 Å². The van der Waals surface area contributed by atoms with Crippen molar-refractivity contribution in [1.29, 1.82) is 0 Å². The van der Waals surface area contributed by atoms with Crippen molar-refractivity contribution >= 4 is 11.6 Å². The van der Waals surface area contributed by atoms with Gasteiger partial charge in [0.05, 0.1) is 11.9 Å². The highest BCUT2D eigenvalue weighted by Crippen LogP contribution is 2.21. The van der Waals surface area contributed by atoms with Gasteiger partial charge in [-0.15, -0.1) is 0 Å². The molecule has 0 unspecified atom stereocenters. The highest BCUT2D eigenvalue weighted by Gasteiger charge is 2.09. The molecule has 17 heavy (non-hydrogen) atoms. The summed E-state index contributed by atoms with van der Waals surface area (Å²) in [7, 11) is 1.73. The van der Waals surface area contributed by atoms with Crippen LogP contribution in [0.2, 0.25) is 0 Å². The third kappa shape index (κ3) is 2.54. The number of anilines is 1. The number of phenols is 2. The largest absolute Gasteiger partial charge is 0.508 e. The number of rotatable bonds is 2. The molecule has 0 spiro atoms. The summed E-state index contributed by atoms with van der Waals surface area (Å²) >= 11 is 0. The number of aromatic hydroxyl groups is 2. The molecule has 3 N–H and O–H groups in total. The second-order valence-corrected chi connectivity index (χ2v) is 3.59. The molecule has 1 aromatic heterocycles. The molecule has 1 aromatic carbocycles. The SMILES string of the molecule is Cn1cc(NC(=O)c2cc(O)cc(O)c2)cn1. The molecular weight excluding hydrogens is 222 g/mol. The second-order valence-electron chi connectivity index (χ2n) is 3.59. The average molecular weight is 233 g/mol. The van der Waals surface area contributed by atoms with E-state index in [1.54, 1.807) is 17.9 Å². The Morgan fingerprint density at radius 3 is 2.47 bits per heavy atom. The number of carbonyl (C=O) groups is 1. The summed E-state index contributed by atoms with van der Waals surface area (Å²) in [6.07, 6.45) is 3.14. The van der Waals surface area contributed by atoms with Crippen molar-refractivity contribution in [2.75, 3.05) is 5.32 Å². The second kappa shape index (κ2) is 4.17. The lowest BCUT2D eigenvalue weighted by Gasteiger charge is -2.03. The highest BCUT2D eigenvalue weighted by atomic mass is 16.3. The number of amides is 1. The predicted molar refractivity (Wildman–Crippen MR) is 60.9 cm³/mol. The minimum absolute atomic E-state index is 0.165. The summed E-state index contributed by atoms with van der Waals surface area (Å²) in [5.74, 6) is -0.758. The molecule has 88 valence electrons. The van der Waals surface area contributed by atoms with Gasteiger partial charge in [-0.05, 0) is 12.1 Å². The van der Waals surface area contributed by atoms with Crippen molar-refractivity contribution in [1.82, 2.24) is 9.78 Å². The molecule has 0 atom stereocenters. The van der Waals surface area contributed by atoms with Crippen molar-refractivity contribution in [2.24, 2.45) is 7.05 Å². The fraction of sp³-hybridized carbons (Fsp3) is 0.0909. The molecule has 0 bridgehead atoms. The molecule has 0 saturated carbocycles. The maximum Gasteiger partial charge on any atom is 0.256 e. The maximum absolute atomic E-state index is 11.8. The van der Waals surface area contributed by atoms with Gasteiger partial charge in [0, 0.05) is 24.9 Å². The van der Waals surface area contributed by atoms with Gasteiger partial charge in [-0.2, -0.15) is 5.10 Å². The van der Waals surface area contributed by atoms with Gasteiger partial charge in [0.1, 0.15) is 11.5 Å². The van der Waals surface area contributed by atoms with Crippen LogP contribution in [0.25, 0.3) is 0 Å². The van der Waals surface area contributed by atoms with Crippen LogP contribution < -0.4 is 5.32 Å². The van der Waals surface area contributed by atoms with Crippen molar-refractivity contribution in [3.63, 3.8) is 0 Å².